The molecule has 0 unspecified atom stereocenters. The van der Waals surface area contributed by atoms with Crippen molar-refractivity contribution in [3.05, 3.63) is 29.8 Å². The van der Waals surface area contributed by atoms with Crippen molar-refractivity contribution in [3.8, 4) is 12.1 Å². The van der Waals surface area contributed by atoms with Gasteiger partial charge in [-0.25, -0.2) is 0 Å². The molecule has 0 aromatic heterocycles. The number of para-hydroxylation sites is 1. The molecular formula is C15H15N3O2. The van der Waals surface area contributed by atoms with Gasteiger partial charge in [-0.1, -0.05) is 12.1 Å². The van der Waals surface area contributed by atoms with Crippen LogP contribution in [0.4, 0.5) is 5.69 Å². The van der Waals surface area contributed by atoms with E-state index in [1.165, 1.54) is 4.90 Å². The Kier molecular flexibility index (Phi) is 4.02. The zero-order valence-electron chi connectivity index (χ0n) is 11.3. The van der Waals surface area contributed by atoms with E-state index in [2.05, 4.69) is 12.1 Å². The Morgan fingerprint density at radius 3 is 2.55 bits per heavy atom. The molecular weight excluding hydrogens is 254 g/mol. The highest BCUT2D eigenvalue weighted by molar-refractivity contribution is 5.99. The van der Waals surface area contributed by atoms with Gasteiger partial charge in [0, 0.05) is 20.3 Å². The Labute approximate surface area is 118 Å². The predicted octanol–water partition coefficient (Wildman–Crippen LogP) is 1.84. The molecule has 1 fully saturated rings. The second-order valence-corrected chi connectivity index (χ2v) is 4.80. The monoisotopic (exact) mass is 269 g/mol. The summed E-state index contributed by atoms with van der Waals surface area (Å²) in [6.07, 6.45) is 0.781. The van der Waals surface area contributed by atoms with Gasteiger partial charge in [0.15, 0.2) is 0 Å². The number of hydrogen-bond donors (Lipinski definition) is 0. The Morgan fingerprint density at radius 2 is 1.95 bits per heavy atom. The second kappa shape index (κ2) is 5.73. The molecule has 1 amide bonds. The minimum Gasteiger partial charge on any atom is -0.381 e. The van der Waals surface area contributed by atoms with Gasteiger partial charge in [-0.3, -0.25) is 4.79 Å². The Bertz CT molecular complexity index is 592. The molecule has 1 heterocycles. The highest BCUT2D eigenvalue weighted by atomic mass is 16.5. The van der Waals surface area contributed by atoms with Crippen molar-refractivity contribution in [3.63, 3.8) is 0 Å². The molecule has 0 radical (unpaired) electrons. The van der Waals surface area contributed by atoms with Crippen LogP contribution < -0.4 is 4.90 Å². The first-order valence-corrected chi connectivity index (χ1v) is 6.41. The van der Waals surface area contributed by atoms with Crippen molar-refractivity contribution in [2.75, 3.05) is 25.2 Å². The number of nitrogens with zero attached hydrogens (tertiary/aromatic N) is 3. The van der Waals surface area contributed by atoms with Crippen LogP contribution in [0, 0.1) is 28.1 Å². The molecule has 0 saturated carbocycles. The molecule has 1 aliphatic heterocycles. The normalized spacial score (nSPS) is 16.8. The minimum absolute atomic E-state index is 0.272. The fraction of sp³-hybridized carbons (Fsp3) is 0.400. The van der Waals surface area contributed by atoms with E-state index < -0.39 is 5.41 Å². The van der Waals surface area contributed by atoms with Gasteiger partial charge in [0.1, 0.15) is 11.5 Å². The number of rotatable bonds is 2. The lowest BCUT2D eigenvalue weighted by Crippen LogP contribution is -2.45. The Balaban J connectivity index is 2.33. The van der Waals surface area contributed by atoms with Gasteiger partial charge in [-0.05, 0) is 25.0 Å². The molecule has 0 atom stereocenters. The maximum Gasteiger partial charge on any atom is 0.247 e. The van der Waals surface area contributed by atoms with Crippen LogP contribution in [0.3, 0.4) is 0 Å². The zero-order valence-corrected chi connectivity index (χ0v) is 11.3. The summed E-state index contributed by atoms with van der Waals surface area (Å²) in [7, 11) is 1.60. The van der Waals surface area contributed by atoms with E-state index in [1.54, 1.807) is 31.3 Å². The van der Waals surface area contributed by atoms with E-state index in [4.69, 9.17) is 10.00 Å². The van der Waals surface area contributed by atoms with Gasteiger partial charge in [-0.15, -0.1) is 0 Å². The van der Waals surface area contributed by atoms with Crippen LogP contribution in [-0.4, -0.2) is 26.2 Å². The summed E-state index contributed by atoms with van der Waals surface area (Å²) in [4.78, 5) is 14.1. The topological polar surface area (TPSA) is 77.1 Å². The first-order valence-electron chi connectivity index (χ1n) is 6.41. The average Bonchev–Trinajstić information content (AvgIpc) is 2.54. The molecule has 1 saturated heterocycles. The first kappa shape index (κ1) is 14.0. The summed E-state index contributed by atoms with van der Waals surface area (Å²) in [6.45, 7) is 0.820. The number of ether oxygens (including phenoxy) is 1. The molecule has 1 aliphatic rings. The minimum atomic E-state index is -1.05. The summed E-state index contributed by atoms with van der Waals surface area (Å²) in [5.74, 6) is -0.272. The third-order valence-electron chi connectivity index (χ3n) is 3.66. The third kappa shape index (κ3) is 2.36. The molecule has 0 spiro atoms. The van der Waals surface area contributed by atoms with E-state index in [9.17, 15) is 10.1 Å². The number of carbonyl (C=O) groups excluding carboxylic acids is 1. The Morgan fingerprint density at radius 1 is 1.30 bits per heavy atom. The summed E-state index contributed by atoms with van der Waals surface area (Å²) in [5, 5.41) is 18.5. The molecule has 0 N–H and O–H groups in total. The van der Waals surface area contributed by atoms with Crippen molar-refractivity contribution >= 4 is 11.6 Å². The lowest BCUT2D eigenvalue weighted by Gasteiger charge is -2.33. The van der Waals surface area contributed by atoms with E-state index in [0.29, 0.717) is 37.3 Å². The van der Waals surface area contributed by atoms with Crippen LogP contribution in [-0.2, 0) is 9.53 Å². The van der Waals surface area contributed by atoms with Crippen molar-refractivity contribution in [2.24, 2.45) is 5.41 Å². The van der Waals surface area contributed by atoms with Gasteiger partial charge in [-0.2, -0.15) is 10.5 Å². The molecule has 5 nitrogen and oxygen atoms in total. The van der Waals surface area contributed by atoms with Crippen molar-refractivity contribution in [2.45, 2.75) is 12.8 Å². The quantitative estimate of drug-likeness (QED) is 0.820. The van der Waals surface area contributed by atoms with Crippen molar-refractivity contribution in [1.82, 2.24) is 0 Å². The predicted molar refractivity (Wildman–Crippen MR) is 72.7 cm³/mol. The average molecular weight is 269 g/mol. The van der Waals surface area contributed by atoms with Gasteiger partial charge < -0.3 is 9.64 Å². The summed E-state index contributed by atoms with van der Waals surface area (Å²) in [6, 6.07) is 11.1. The maximum absolute atomic E-state index is 12.7. The van der Waals surface area contributed by atoms with E-state index in [1.807, 2.05) is 0 Å². The van der Waals surface area contributed by atoms with Gasteiger partial charge in [0.05, 0.1) is 17.3 Å². The van der Waals surface area contributed by atoms with E-state index in [0.717, 1.165) is 0 Å². The van der Waals surface area contributed by atoms with Crippen LogP contribution in [0.2, 0.25) is 0 Å². The van der Waals surface area contributed by atoms with Crippen LogP contribution in [0.1, 0.15) is 18.4 Å². The number of carbonyl (C=O) groups is 1. The summed E-state index contributed by atoms with van der Waals surface area (Å²) >= 11 is 0. The van der Waals surface area contributed by atoms with Crippen LogP contribution >= 0.6 is 0 Å². The van der Waals surface area contributed by atoms with Crippen LogP contribution in [0.5, 0.6) is 0 Å². The highest BCUT2D eigenvalue weighted by Gasteiger charge is 2.42. The SMILES string of the molecule is CN(C(=O)C1(C#N)CCOCC1)c1ccccc1C#N. The number of hydrogen-bond acceptors (Lipinski definition) is 4. The third-order valence-corrected chi connectivity index (χ3v) is 3.66. The number of benzene rings is 1. The Hall–Kier alpha value is -2.37. The van der Waals surface area contributed by atoms with Gasteiger partial charge in [0.25, 0.3) is 0 Å². The zero-order chi connectivity index (χ0) is 14.6. The van der Waals surface area contributed by atoms with E-state index in [-0.39, 0.29) is 5.91 Å². The number of anilines is 1. The van der Waals surface area contributed by atoms with Crippen LogP contribution in [0.25, 0.3) is 0 Å². The smallest absolute Gasteiger partial charge is 0.247 e. The molecule has 102 valence electrons. The molecule has 20 heavy (non-hydrogen) atoms. The lowest BCUT2D eigenvalue weighted by molar-refractivity contribution is -0.129. The number of nitriles is 2. The molecule has 1 aromatic rings. The van der Waals surface area contributed by atoms with Crippen molar-refractivity contribution in [1.29, 1.82) is 10.5 Å². The second-order valence-electron chi connectivity index (χ2n) is 4.80. The van der Waals surface area contributed by atoms with Crippen molar-refractivity contribution < 1.29 is 9.53 Å². The number of amides is 1. The summed E-state index contributed by atoms with van der Waals surface area (Å²) in [5.41, 5.74) is -0.0973. The first-order chi connectivity index (χ1) is 9.64. The van der Waals surface area contributed by atoms with Crippen LogP contribution in [0.15, 0.2) is 24.3 Å². The molecule has 0 aliphatic carbocycles. The standard InChI is InChI=1S/C15H15N3O2/c1-18(13-5-3-2-4-12(13)10-16)14(19)15(11-17)6-8-20-9-7-15/h2-5H,6-9H2,1H3. The largest absolute Gasteiger partial charge is 0.381 e. The van der Waals surface area contributed by atoms with Gasteiger partial charge in [0.2, 0.25) is 5.91 Å². The fourth-order valence-corrected chi connectivity index (χ4v) is 2.38. The molecule has 2 rings (SSSR count). The highest BCUT2D eigenvalue weighted by Crippen LogP contribution is 2.33. The lowest BCUT2D eigenvalue weighted by atomic mass is 9.80. The summed E-state index contributed by atoms with van der Waals surface area (Å²) < 4.78 is 5.23. The molecule has 5 heteroatoms. The molecule has 0 bridgehead atoms. The molecule has 1 aromatic carbocycles. The fourth-order valence-electron chi connectivity index (χ4n) is 2.38. The maximum atomic E-state index is 12.7. The van der Waals surface area contributed by atoms with E-state index >= 15 is 0 Å². The van der Waals surface area contributed by atoms with Gasteiger partial charge >= 0.3 is 0 Å².